The smallest absolute Gasteiger partial charge is 0.239 e. The zero-order chi connectivity index (χ0) is 11.8. The van der Waals surface area contributed by atoms with Crippen LogP contribution in [-0.4, -0.2) is 49.6 Å². The topological polar surface area (TPSA) is 58.6 Å². The van der Waals surface area contributed by atoms with Crippen LogP contribution >= 0.6 is 0 Å². The van der Waals surface area contributed by atoms with Crippen molar-refractivity contribution in [2.75, 3.05) is 26.8 Å². The fraction of sp³-hybridized carbons (Fsp3) is 0.800. The van der Waals surface area contributed by atoms with Crippen molar-refractivity contribution in [2.45, 2.75) is 26.8 Å². The van der Waals surface area contributed by atoms with E-state index in [1.807, 2.05) is 13.8 Å². The van der Waals surface area contributed by atoms with Crippen LogP contribution in [0.1, 0.15) is 20.8 Å². The van der Waals surface area contributed by atoms with E-state index in [9.17, 15) is 9.59 Å². The van der Waals surface area contributed by atoms with Gasteiger partial charge in [0.25, 0.3) is 0 Å². The quantitative estimate of drug-likeness (QED) is 0.680. The third-order valence-electron chi connectivity index (χ3n) is 1.79. The molecule has 88 valence electrons. The molecule has 0 aliphatic carbocycles. The van der Waals surface area contributed by atoms with Gasteiger partial charge in [0.1, 0.15) is 0 Å². The Morgan fingerprint density at radius 1 is 1.40 bits per heavy atom. The highest BCUT2D eigenvalue weighted by Crippen LogP contribution is 1.90. The number of hydrogen-bond acceptors (Lipinski definition) is 3. The first-order valence-corrected chi connectivity index (χ1v) is 5.01. The molecule has 0 fully saturated rings. The molecular formula is C10H20N2O3. The monoisotopic (exact) mass is 216 g/mol. The number of hydrogen-bond donors (Lipinski definition) is 1. The van der Waals surface area contributed by atoms with E-state index in [0.29, 0.717) is 13.2 Å². The van der Waals surface area contributed by atoms with Gasteiger partial charge >= 0.3 is 0 Å². The van der Waals surface area contributed by atoms with Gasteiger partial charge in [-0.2, -0.15) is 0 Å². The summed E-state index contributed by atoms with van der Waals surface area (Å²) in [7, 11) is 1.56. The summed E-state index contributed by atoms with van der Waals surface area (Å²) in [6.07, 6.45) is 0. The highest BCUT2D eigenvalue weighted by Gasteiger charge is 2.13. The number of nitrogens with zero attached hydrogens (tertiary/aromatic N) is 1. The van der Waals surface area contributed by atoms with E-state index in [-0.39, 0.29) is 24.4 Å². The van der Waals surface area contributed by atoms with Gasteiger partial charge in [-0.15, -0.1) is 0 Å². The molecule has 0 saturated heterocycles. The average molecular weight is 216 g/mol. The van der Waals surface area contributed by atoms with Crippen molar-refractivity contribution in [1.82, 2.24) is 10.2 Å². The van der Waals surface area contributed by atoms with Crippen LogP contribution in [0.4, 0.5) is 0 Å². The Labute approximate surface area is 90.8 Å². The molecule has 0 aliphatic heterocycles. The maximum atomic E-state index is 11.4. The zero-order valence-electron chi connectivity index (χ0n) is 9.87. The van der Waals surface area contributed by atoms with Gasteiger partial charge < -0.3 is 15.0 Å². The second-order valence-electron chi connectivity index (χ2n) is 3.66. The van der Waals surface area contributed by atoms with Gasteiger partial charge in [0.15, 0.2) is 0 Å². The van der Waals surface area contributed by atoms with Crippen molar-refractivity contribution in [2.24, 2.45) is 0 Å². The standard InChI is InChI=1S/C10H20N2O3/c1-8(2)11-10(14)7-12(9(3)13)5-6-15-4/h8H,5-7H2,1-4H3,(H,11,14). The summed E-state index contributed by atoms with van der Waals surface area (Å²) in [5.74, 6) is -0.262. The molecule has 0 unspecified atom stereocenters. The van der Waals surface area contributed by atoms with Gasteiger partial charge in [-0.05, 0) is 13.8 Å². The van der Waals surface area contributed by atoms with Gasteiger partial charge in [0, 0.05) is 26.6 Å². The molecule has 0 spiro atoms. The largest absolute Gasteiger partial charge is 0.383 e. The number of rotatable bonds is 6. The molecule has 0 aromatic heterocycles. The third-order valence-corrected chi connectivity index (χ3v) is 1.79. The second-order valence-corrected chi connectivity index (χ2v) is 3.66. The Kier molecular flexibility index (Phi) is 6.70. The van der Waals surface area contributed by atoms with Crippen molar-refractivity contribution in [3.8, 4) is 0 Å². The lowest BCUT2D eigenvalue weighted by molar-refractivity contribution is -0.135. The summed E-state index contributed by atoms with van der Waals surface area (Å²) in [5.41, 5.74) is 0. The molecule has 5 nitrogen and oxygen atoms in total. The van der Waals surface area contributed by atoms with E-state index in [0.717, 1.165) is 0 Å². The van der Waals surface area contributed by atoms with Crippen LogP contribution in [0.5, 0.6) is 0 Å². The first-order valence-electron chi connectivity index (χ1n) is 5.01. The van der Waals surface area contributed by atoms with Crippen molar-refractivity contribution in [3.05, 3.63) is 0 Å². The molecule has 0 aliphatic rings. The van der Waals surface area contributed by atoms with Crippen LogP contribution in [0, 0.1) is 0 Å². The van der Waals surface area contributed by atoms with Crippen LogP contribution in [0.25, 0.3) is 0 Å². The highest BCUT2D eigenvalue weighted by molar-refractivity contribution is 5.83. The molecule has 0 saturated carbocycles. The number of ether oxygens (including phenoxy) is 1. The Morgan fingerprint density at radius 2 is 2.00 bits per heavy atom. The summed E-state index contributed by atoms with van der Waals surface area (Å²) < 4.78 is 4.86. The van der Waals surface area contributed by atoms with Crippen LogP contribution in [0.2, 0.25) is 0 Å². The molecule has 15 heavy (non-hydrogen) atoms. The number of nitrogens with one attached hydrogen (secondary N) is 1. The van der Waals surface area contributed by atoms with E-state index in [1.54, 1.807) is 7.11 Å². The summed E-state index contributed by atoms with van der Waals surface area (Å²) in [5, 5.41) is 2.73. The molecule has 0 bridgehead atoms. The molecular weight excluding hydrogens is 196 g/mol. The Morgan fingerprint density at radius 3 is 2.40 bits per heavy atom. The van der Waals surface area contributed by atoms with Crippen molar-refractivity contribution >= 4 is 11.8 Å². The van der Waals surface area contributed by atoms with Gasteiger partial charge in [-0.25, -0.2) is 0 Å². The van der Waals surface area contributed by atoms with Gasteiger partial charge in [-0.3, -0.25) is 9.59 Å². The molecule has 2 amide bonds. The van der Waals surface area contributed by atoms with Gasteiger partial charge in [0.05, 0.1) is 13.2 Å². The summed E-state index contributed by atoms with van der Waals surface area (Å²) >= 11 is 0. The minimum atomic E-state index is -0.142. The van der Waals surface area contributed by atoms with E-state index < -0.39 is 0 Å². The molecule has 0 aromatic rings. The maximum absolute atomic E-state index is 11.4. The summed E-state index contributed by atoms with van der Waals surface area (Å²) in [6.45, 7) is 6.18. The summed E-state index contributed by atoms with van der Waals surface area (Å²) in [6, 6.07) is 0.0914. The normalized spacial score (nSPS) is 10.2. The summed E-state index contributed by atoms with van der Waals surface area (Å²) in [4.78, 5) is 24.0. The highest BCUT2D eigenvalue weighted by atomic mass is 16.5. The van der Waals surface area contributed by atoms with Gasteiger partial charge in [-0.1, -0.05) is 0 Å². The number of carbonyl (C=O) groups is 2. The molecule has 0 aromatic carbocycles. The maximum Gasteiger partial charge on any atom is 0.239 e. The molecule has 5 heteroatoms. The van der Waals surface area contributed by atoms with Crippen molar-refractivity contribution in [3.63, 3.8) is 0 Å². The molecule has 0 rings (SSSR count). The predicted molar refractivity (Wildman–Crippen MR) is 57.4 cm³/mol. The van der Waals surface area contributed by atoms with Crippen LogP contribution in [0.15, 0.2) is 0 Å². The predicted octanol–water partition coefficient (Wildman–Crippen LogP) is 0.00590. The van der Waals surface area contributed by atoms with Crippen LogP contribution in [0.3, 0.4) is 0 Å². The minimum Gasteiger partial charge on any atom is -0.383 e. The van der Waals surface area contributed by atoms with Crippen LogP contribution < -0.4 is 5.32 Å². The number of carbonyl (C=O) groups excluding carboxylic acids is 2. The Balaban J connectivity index is 4.04. The molecule has 1 N–H and O–H groups in total. The zero-order valence-corrected chi connectivity index (χ0v) is 9.87. The Hall–Kier alpha value is -1.10. The van der Waals surface area contributed by atoms with E-state index in [2.05, 4.69) is 5.32 Å². The minimum absolute atomic E-state index is 0.0914. The lowest BCUT2D eigenvalue weighted by Crippen LogP contribution is -2.43. The third kappa shape index (κ3) is 6.90. The fourth-order valence-electron chi connectivity index (χ4n) is 1.09. The number of methoxy groups -OCH3 is 1. The molecule has 0 heterocycles. The average Bonchev–Trinajstić information content (AvgIpc) is 2.10. The SMILES string of the molecule is COCCN(CC(=O)NC(C)C)C(C)=O. The van der Waals surface area contributed by atoms with E-state index >= 15 is 0 Å². The van der Waals surface area contributed by atoms with Crippen molar-refractivity contribution < 1.29 is 14.3 Å². The van der Waals surface area contributed by atoms with Gasteiger partial charge in [0.2, 0.25) is 11.8 Å². The Bertz CT molecular complexity index is 217. The molecule has 0 radical (unpaired) electrons. The first-order chi connectivity index (χ1) is 6.97. The van der Waals surface area contributed by atoms with Crippen molar-refractivity contribution in [1.29, 1.82) is 0 Å². The fourth-order valence-corrected chi connectivity index (χ4v) is 1.09. The van der Waals surface area contributed by atoms with E-state index in [4.69, 9.17) is 4.74 Å². The van der Waals surface area contributed by atoms with Crippen LogP contribution in [-0.2, 0) is 14.3 Å². The molecule has 0 atom stereocenters. The number of amides is 2. The van der Waals surface area contributed by atoms with E-state index in [1.165, 1.54) is 11.8 Å². The lowest BCUT2D eigenvalue weighted by Gasteiger charge is -2.20. The first kappa shape index (κ1) is 13.9. The second kappa shape index (κ2) is 7.23. The lowest BCUT2D eigenvalue weighted by atomic mass is 10.3.